The number of methoxy groups -OCH3 is 1. The maximum Gasteiger partial charge on any atom is 0.409 e. The number of halogens is 1. The van der Waals surface area contributed by atoms with Crippen LogP contribution in [-0.4, -0.2) is 56.3 Å². The van der Waals surface area contributed by atoms with Crippen molar-refractivity contribution in [3.05, 3.63) is 28.2 Å². The van der Waals surface area contributed by atoms with Gasteiger partial charge < -0.3 is 25.4 Å². The van der Waals surface area contributed by atoms with Crippen LogP contribution in [0.2, 0.25) is 0 Å². The van der Waals surface area contributed by atoms with Crippen molar-refractivity contribution in [1.82, 2.24) is 10.2 Å². The number of nitrogens with one attached hydrogen (secondary N) is 1. The Morgan fingerprint density at radius 2 is 2.15 bits per heavy atom. The summed E-state index contributed by atoms with van der Waals surface area (Å²) in [6.07, 6.45) is 2.16. The number of aliphatic imine (C=N–C) groups is 1. The maximum atomic E-state index is 11.7. The minimum atomic E-state index is -0.240. The second-order valence-electron chi connectivity index (χ2n) is 6.05. The number of hydrogen-bond acceptors (Lipinski definition) is 4. The van der Waals surface area contributed by atoms with Gasteiger partial charge in [0.25, 0.3) is 0 Å². The number of para-hydroxylation sites is 1. The van der Waals surface area contributed by atoms with Gasteiger partial charge in [-0.2, -0.15) is 0 Å². The van der Waals surface area contributed by atoms with Gasteiger partial charge in [0, 0.05) is 25.7 Å². The number of nitrogens with zero attached hydrogens (tertiary/aromatic N) is 2. The van der Waals surface area contributed by atoms with Gasteiger partial charge >= 0.3 is 6.09 Å². The summed E-state index contributed by atoms with van der Waals surface area (Å²) in [6, 6.07) is 6.17. The van der Waals surface area contributed by atoms with Crippen molar-refractivity contribution in [3.63, 3.8) is 0 Å². The van der Waals surface area contributed by atoms with E-state index in [1.54, 1.807) is 12.0 Å². The van der Waals surface area contributed by atoms with E-state index in [-0.39, 0.29) is 12.1 Å². The third-order valence-corrected chi connectivity index (χ3v) is 4.91. The van der Waals surface area contributed by atoms with Crippen LogP contribution in [0, 0.1) is 0 Å². The van der Waals surface area contributed by atoms with Gasteiger partial charge in [-0.25, -0.2) is 4.79 Å². The smallest absolute Gasteiger partial charge is 0.409 e. The van der Waals surface area contributed by atoms with E-state index in [2.05, 4.69) is 26.2 Å². The van der Waals surface area contributed by atoms with Crippen LogP contribution < -0.4 is 15.8 Å². The molecule has 0 spiro atoms. The molecule has 0 aliphatic carbocycles. The van der Waals surface area contributed by atoms with Crippen molar-refractivity contribution >= 4 is 28.0 Å². The highest BCUT2D eigenvalue weighted by atomic mass is 79.9. The molecule has 0 atom stereocenters. The van der Waals surface area contributed by atoms with Crippen molar-refractivity contribution in [2.45, 2.75) is 32.2 Å². The molecule has 0 radical (unpaired) electrons. The first kappa shape index (κ1) is 20.4. The molecule has 3 N–H and O–H groups in total. The normalized spacial score (nSPS) is 15.7. The molecular weight excluding hydrogens is 400 g/mol. The molecule has 8 heteroatoms. The van der Waals surface area contributed by atoms with Gasteiger partial charge in [0.15, 0.2) is 5.96 Å². The van der Waals surface area contributed by atoms with E-state index in [0.717, 1.165) is 35.0 Å². The van der Waals surface area contributed by atoms with Crippen LogP contribution in [0.15, 0.2) is 27.7 Å². The van der Waals surface area contributed by atoms with E-state index in [4.69, 9.17) is 15.2 Å². The molecule has 144 valence electrons. The van der Waals surface area contributed by atoms with Crippen LogP contribution in [0.1, 0.15) is 25.3 Å². The molecule has 1 aliphatic rings. The standard InChI is InChI=1S/C18H27BrN4O3/c1-3-26-18(24)23-11-8-14(9-12-23)22-17(20)21-10-7-13-5-4-6-15(19)16(13)25-2/h4-6,14H,3,7-12H2,1-2H3,(H3,20,21,22). The molecule has 0 saturated carbocycles. The molecule has 7 nitrogen and oxygen atoms in total. The fourth-order valence-corrected chi connectivity index (χ4v) is 3.52. The Hall–Kier alpha value is -1.96. The molecule has 1 aromatic carbocycles. The number of rotatable bonds is 6. The highest BCUT2D eigenvalue weighted by molar-refractivity contribution is 9.10. The fourth-order valence-electron chi connectivity index (χ4n) is 2.95. The number of guanidine groups is 1. The Bertz CT molecular complexity index is 631. The van der Waals surface area contributed by atoms with Gasteiger partial charge in [-0.05, 0) is 53.7 Å². The van der Waals surface area contributed by atoms with Crippen LogP contribution in [-0.2, 0) is 11.2 Å². The van der Waals surface area contributed by atoms with E-state index in [1.807, 2.05) is 25.1 Å². The van der Waals surface area contributed by atoms with Crippen molar-refractivity contribution in [1.29, 1.82) is 0 Å². The Kier molecular flexibility index (Phi) is 8.03. The van der Waals surface area contributed by atoms with Crippen molar-refractivity contribution in [3.8, 4) is 5.75 Å². The molecule has 1 heterocycles. The van der Waals surface area contributed by atoms with Gasteiger partial charge in [0.1, 0.15) is 5.75 Å². The number of carbonyl (C=O) groups excluding carboxylic acids is 1. The van der Waals surface area contributed by atoms with Gasteiger partial charge in [-0.3, -0.25) is 4.99 Å². The number of ether oxygens (including phenoxy) is 2. The van der Waals surface area contributed by atoms with Crippen LogP contribution in [0.4, 0.5) is 4.79 Å². The molecule has 1 saturated heterocycles. The largest absolute Gasteiger partial charge is 0.495 e. The maximum absolute atomic E-state index is 11.7. The predicted molar refractivity (Wildman–Crippen MR) is 106 cm³/mol. The molecule has 2 rings (SSSR count). The summed E-state index contributed by atoms with van der Waals surface area (Å²) >= 11 is 3.48. The Balaban J connectivity index is 1.77. The molecule has 1 aromatic rings. The van der Waals surface area contributed by atoms with Crippen molar-refractivity contribution < 1.29 is 14.3 Å². The van der Waals surface area contributed by atoms with Crippen LogP contribution >= 0.6 is 15.9 Å². The number of carbonyl (C=O) groups is 1. The second kappa shape index (κ2) is 10.3. The summed E-state index contributed by atoms with van der Waals surface area (Å²) in [5.41, 5.74) is 7.09. The fraction of sp³-hybridized carbons (Fsp3) is 0.556. The minimum absolute atomic E-state index is 0.227. The molecule has 1 amide bonds. The van der Waals surface area contributed by atoms with E-state index in [1.165, 1.54) is 0 Å². The molecule has 0 bridgehead atoms. The highest BCUT2D eigenvalue weighted by Crippen LogP contribution is 2.28. The van der Waals surface area contributed by atoms with E-state index in [9.17, 15) is 4.79 Å². The van der Waals surface area contributed by atoms with Gasteiger partial charge in [-0.15, -0.1) is 0 Å². The van der Waals surface area contributed by atoms with Crippen LogP contribution in [0.3, 0.4) is 0 Å². The molecular formula is C18H27BrN4O3. The number of amides is 1. The lowest BCUT2D eigenvalue weighted by molar-refractivity contribution is 0.0963. The molecule has 26 heavy (non-hydrogen) atoms. The molecule has 1 fully saturated rings. The number of benzene rings is 1. The lowest BCUT2D eigenvalue weighted by Gasteiger charge is -2.31. The topological polar surface area (TPSA) is 89.2 Å². The summed E-state index contributed by atoms with van der Waals surface area (Å²) in [5.74, 6) is 1.27. The van der Waals surface area contributed by atoms with E-state index >= 15 is 0 Å². The first-order chi connectivity index (χ1) is 12.5. The summed E-state index contributed by atoms with van der Waals surface area (Å²) in [6.45, 7) is 4.12. The zero-order valence-electron chi connectivity index (χ0n) is 15.3. The lowest BCUT2D eigenvalue weighted by atomic mass is 10.1. The summed E-state index contributed by atoms with van der Waals surface area (Å²) < 4.78 is 11.4. The van der Waals surface area contributed by atoms with Gasteiger partial charge in [0.05, 0.1) is 18.2 Å². The SMILES string of the molecule is CCOC(=O)N1CCC(NC(N)=NCCc2cccc(Br)c2OC)CC1. The lowest BCUT2D eigenvalue weighted by Crippen LogP contribution is -2.48. The Morgan fingerprint density at radius 1 is 1.42 bits per heavy atom. The van der Waals surface area contributed by atoms with E-state index < -0.39 is 0 Å². The van der Waals surface area contributed by atoms with E-state index in [0.29, 0.717) is 32.2 Å². The molecule has 0 unspecified atom stereocenters. The zero-order chi connectivity index (χ0) is 18.9. The molecule has 0 aromatic heterocycles. The third kappa shape index (κ3) is 5.79. The number of hydrogen-bond donors (Lipinski definition) is 2. The van der Waals surface area contributed by atoms with Crippen LogP contribution in [0.25, 0.3) is 0 Å². The van der Waals surface area contributed by atoms with Gasteiger partial charge in [-0.1, -0.05) is 12.1 Å². The number of likely N-dealkylation sites (tertiary alicyclic amines) is 1. The second-order valence-corrected chi connectivity index (χ2v) is 6.91. The van der Waals surface area contributed by atoms with Gasteiger partial charge in [0.2, 0.25) is 0 Å². The monoisotopic (exact) mass is 426 g/mol. The van der Waals surface area contributed by atoms with Crippen LogP contribution in [0.5, 0.6) is 5.75 Å². The number of piperidine rings is 1. The first-order valence-corrected chi connectivity index (χ1v) is 9.64. The minimum Gasteiger partial charge on any atom is -0.495 e. The summed E-state index contributed by atoms with van der Waals surface area (Å²) in [4.78, 5) is 17.8. The molecule has 1 aliphatic heterocycles. The number of nitrogens with two attached hydrogens (primary N) is 1. The highest BCUT2D eigenvalue weighted by Gasteiger charge is 2.23. The summed E-state index contributed by atoms with van der Waals surface area (Å²) in [5, 5.41) is 3.25. The first-order valence-electron chi connectivity index (χ1n) is 8.84. The predicted octanol–water partition coefficient (Wildman–Crippen LogP) is 2.53. The van der Waals surface area contributed by atoms with Crippen molar-refractivity contribution in [2.75, 3.05) is 33.4 Å². The zero-order valence-corrected chi connectivity index (χ0v) is 16.9. The Morgan fingerprint density at radius 3 is 2.81 bits per heavy atom. The average Bonchev–Trinajstić information content (AvgIpc) is 2.62. The Labute approximate surface area is 163 Å². The summed E-state index contributed by atoms with van der Waals surface area (Å²) in [7, 11) is 1.66. The third-order valence-electron chi connectivity index (χ3n) is 4.29. The average molecular weight is 427 g/mol. The van der Waals surface area contributed by atoms with Crippen molar-refractivity contribution in [2.24, 2.45) is 10.7 Å². The quantitative estimate of drug-likeness (QED) is 0.538.